The van der Waals surface area contributed by atoms with Crippen LogP contribution in [-0.2, 0) is 65.4 Å². The van der Waals surface area contributed by atoms with E-state index < -0.39 is 97.5 Å². The Kier molecular flexibility index (Phi) is 67.1. The lowest BCUT2D eigenvalue weighted by molar-refractivity contribution is -0.161. The molecule has 576 valence electrons. The van der Waals surface area contributed by atoms with Crippen molar-refractivity contribution in [3.63, 3.8) is 0 Å². The highest BCUT2D eigenvalue weighted by atomic mass is 31.2. The van der Waals surface area contributed by atoms with Gasteiger partial charge in [-0.3, -0.25) is 37.3 Å². The Bertz CT molecular complexity index is 1890. The van der Waals surface area contributed by atoms with Gasteiger partial charge in [0.1, 0.15) is 19.3 Å². The van der Waals surface area contributed by atoms with Gasteiger partial charge < -0.3 is 33.8 Å². The number of hydrogen-bond acceptors (Lipinski definition) is 15. The standard InChI is InChI=1S/C78H152O17P2/c1-8-10-11-12-13-14-15-16-17-18-19-20-21-22-23-28-31-34-37-47-54-61-77(82)94-73(65-88-75(80)59-52-45-36-33-30-27-25-24-26-29-32-35-42-49-56-69(3)4)67-92-96(84,85)90-63-72(79)64-91-97(86,87)93-68-74(66-89-76(81)60-53-46-40-38-43-50-57-70(5)6)95-78(83)62-55-48-41-39-44-51-58-71(7)9-2/h69-74,79H,8-68H2,1-7H3,(H,84,85)(H,86,87)/t71?,72-,73-,74-/m1/s1. The van der Waals surface area contributed by atoms with Crippen molar-refractivity contribution in [3.8, 4) is 0 Å². The van der Waals surface area contributed by atoms with Gasteiger partial charge in [0.2, 0.25) is 0 Å². The predicted octanol–water partition coefficient (Wildman–Crippen LogP) is 23.0. The summed E-state index contributed by atoms with van der Waals surface area (Å²) in [6.07, 6.45) is 55.9. The van der Waals surface area contributed by atoms with Gasteiger partial charge in [0.25, 0.3) is 0 Å². The van der Waals surface area contributed by atoms with Crippen LogP contribution in [0.5, 0.6) is 0 Å². The second kappa shape index (κ2) is 68.5. The van der Waals surface area contributed by atoms with Crippen LogP contribution in [0.1, 0.15) is 402 Å². The third kappa shape index (κ3) is 70.9. The van der Waals surface area contributed by atoms with Gasteiger partial charge in [-0.15, -0.1) is 0 Å². The SMILES string of the molecule is CCCCCCCCCCCCCCCCCCCCCCCC(=O)O[C@H](COC(=O)CCCCCCCCCCCCCCCCC(C)C)COP(=O)(O)OC[C@@H](O)COP(=O)(O)OC[C@@H](COC(=O)CCCCCCCCC(C)C)OC(=O)CCCCCCCCC(C)CC. The normalized spacial score (nSPS) is 14.3. The monoisotopic (exact) mass is 1420 g/mol. The van der Waals surface area contributed by atoms with E-state index in [1.165, 1.54) is 205 Å². The minimum atomic E-state index is -4.96. The molecule has 17 nitrogen and oxygen atoms in total. The van der Waals surface area contributed by atoms with E-state index in [2.05, 4.69) is 48.5 Å². The third-order valence-electron chi connectivity index (χ3n) is 18.5. The first-order valence-corrected chi connectivity index (χ1v) is 43.4. The second-order valence-electron chi connectivity index (χ2n) is 29.3. The van der Waals surface area contributed by atoms with Crippen molar-refractivity contribution in [2.24, 2.45) is 17.8 Å². The molecule has 0 aliphatic carbocycles. The molecule has 0 heterocycles. The summed E-state index contributed by atoms with van der Waals surface area (Å²) in [7, 11) is -9.91. The van der Waals surface area contributed by atoms with E-state index in [1.807, 2.05) is 0 Å². The Balaban J connectivity index is 5.19. The maximum absolute atomic E-state index is 13.1. The molecule has 0 radical (unpaired) electrons. The molecule has 0 bridgehead atoms. The number of rotatable bonds is 76. The Labute approximate surface area is 594 Å². The molecule has 3 unspecified atom stereocenters. The molecule has 97 heavy (non-hydrogen) atoms. The number of phosphoric ester groups is 2. The van der Waals surface area contributed by atoms with E-state index in [0.29, 0.717) is 31.6 Å². The molecule has 0 aromatic heterocycles. The van der Waals surface area contributed by atoms with Gasteiger partial charge >= 0.3 is 39.5 Å². The third-order valence-corrected chi connectivity index (χ3v) is 20.4. The lowest BCUT2D eigenvalue weighted by Gasteiger charge is -2.21. The molecule has 3 N–H and O–H groups in total. The fourth-order valence-corrected chi connectivity index (χ4v) is 13.5. The molecular formula is C78H152O17P2. The average molecular weight is 1420 g/mol. The first-order valence-electron chi connectivity index (χ1n) is 40.4. The van der Waals surface area contributed by atoms with Crippen molar-refractivity contribution in [3.05, 3.63) is 0 Å². The fourth-order valence-electron chi connectivity index (χ4n) is 11.9. The molecule has 19 heteroatoms. The number of carbonyl (C=O) groups excluding carboxylic acids is 4. The minimum Gasteiger partial charge on any atom is -0.462 e. The summed E-state index contributed by atoms with van der Waals surface area (Å²) in [5.41, 5.74) is 0. The van der Waals surface area contributed by atoms with Crippen molar-refractivity contribution >= 4 is 39.5 Å². The second-order valence-corrected chi connectivity index (χ2v) is 32.2. The summed E-state index contributed by atoms with van der Waals surface area (Å²) in [5.74, 6) is 0.0766. The smallest absolute Gasteiger partial charge is 0.462 e. The number of unbranched alkanes of at least 4 members (excludes halogenated alkanes) is 43. The fraction of sp³-hybridized carbons (Fsp3) is 0.949. The Morgan fingerprint density at radius 1 is 0.299 bits per heavy atom. The molecule has 0 aromatic carbocycles. The maximum Gasteiger partial charge on any atom is 0.472 e. The van der Waals surface area contributed by atoms with Crippen LogP contribution in [0.25, 0.3) is 0 Å². The molecule has 0 aromatic rings. The quantitative estimate of drug-likeness (QED) is 0.0222. The highest BCUT2D eigenvalue weighted by molar-refractivity contribution is 7.47. The molecule has 0 aliphatic rings. The molecule has 0 saturated heterocycles. The first kappa shape index (κ1) is 95.1. The lowest BCUT2D eigenvalue weighted by Crippen LogP contribution is -2.30. The van der Waals surface area contributed by atoms with E-state index in [1.54, 1.807) is 0 Å². The lowest BCUT2D eigenvalue weighted by atomic mass is 10.00. The van der Waals surface area contributed by atoms with Gasteiger partial charge in [-0.25, -0.2) is 9.13 Å². The summed E-state index contributed by atoms with van der Waals surface area (Å²) >= 11 is 0. The van der Waals surface area contributed by atoms with Crippen LogP contribution >= 0.6 is 15.6 Å². The number of hydrogen-bond donors (Lipinski definition) is 3. The van der Waals surface area contributed by atoms with Crippen molar-refractivity contribution in [1.82, 2.24) is 0 Å². The number of ether oxygens (including phenoxy) is 4. The van der Waals surface area contributed by atoms with E-state index in [4.69, 9.17) is 37.0 Å². The van der Waals surface area contributed by atoms with Crippen molar-refractivity contribution < 1.29 is 80.2 Å². The van der Waals surface area contributed by atoms with Gasteiger partial charge in [0, 0.05) is 25.7 Å². The molecule has 0 fully saturated rings. The summed E-state index contributed by atoms with van der Waals surface area (Å²) in [5, 5.41) is 10.6. The van der Waals surface area contributed by atoms with Crippen LogP contribution in [0.4, 0.5) is 0 Å². The maximum atomic E-state index is 13.1. The number of phosphoric acid groups is 2. The van der Waals surface area contributed by atoms with Gasteiger partial charge in [0.05, 0.1) is 26.4 Å². The van der Waals surface area contributed by atoms with Crippen LogP contribution < -0.4 is 0 Å². The summed E-state index contributed by atoms with van der Waals surface area (Å²) in [6, 6.07) is 0. The van der Waals surface area contributed by atoms with E-state index in [0.717, 1.165) is 108 Å². The van der Waals surface area contributed by atoms with Crippen molar-refractivity contribution in [2.45, 2.75) is 420 Å². The summed E-state index contributed by atoms with van der Waals surface area (Å²) in [4.78, 5) is 72.8. The summed E-state index contributed by atoms with van der Waals surface area (Å²) < 4.78 is 68.5. The molecule has 0 rings (SSSR count). The number of aliphatic hydroxyl groups is 1. The molecule has 6 atom stereocenters. The number of carbonyl (C=O) groups is 4. The molecule has 0 aliphatic heterocycles. The van der Waals surface area contributed by atoms with Gasteiger partial charge in [0.15, 0.2) is 12.2 Å². The largest absolute Gasteiger partial charge is 0.472 e. The average Bonchev–Trinajstić information content (AvgIpc) is 1.86. The van der Waals surface area contributed by atoms with E-state index in [9.17, 15) is 43.2 Å². The predicted molar refractivity (Wildman–Crippen MR) is 395 cm³/mol. The molecule has 0 spiro atoms. The molecular weight excluding hydrogens is 1270 g/mol. The topological polar surface area (TPSA) is 237 Å². The van der Waals surface area contributed by atoms with Crippen LogP contribution in [0.2, 0.25) is 0 Å². The van der Waals surface area contributed by atoms with Crippen LogP contribution in [-0.4, -0.2) is 96.7 Å². The van der Waals surface area contributed by atoms with Crippen molar-refractivity contribution in [1.29, 1.82) is 0 Å². The zero-order valence-corrected chi connectivity index (χ0v) is 65.3. The highest BCUT2D eigenvalue weighted by Gasteiger charge is 2.30. The first-order chi connectivity index (χ1) is 46.8. The van der Waals surface area contributed by atoms with Crippen LogP contribution in [0.15, 0.2) is 0 Å². The van der Waals surface area contributed by atoms with Crippen LogP contribution in [0, 0.1) is 17.8 Å². The number of aliphatic hydroxyl groups excluding tert-OH is 1. The van der Waals surface area contributed by atoms with E-state index in [-0.39, 0.29) is 25.7 Å². The Hall–Kier alpha value is -1.94. The van der Waals surface area contributed by atoms with Gasteiger partial charge in [-0.2, -0.15) is 0 Å². The minimum absolute atomic E-state index is 0.102. The highest BCUT2D eigenvalue weighted by Crippen LogP contribution is 2.45. The van der Waals surface area contributed by atoms with Crippen LogP contribution in [0.3, 0.4) is 0 Å². The van der Waals surface area contributed by atoms with Gasteiger partial charge in [-0.1, -0.05) is 350 Å². The Morgan fingerprint density at radius 3 is 0.784 bits per heavy atom. The van der Waals surface area contributed by atoms with E-state index >= 15 is 0 Å². The van der Waals surface area contributed by atoms with Crippen molar-refractivity contribution in [2.75, 3.05) is 39.6 Å². The summed E-state index contributed by atoms with van der Waals surface area (Å²) in [6.45, 7) is 11.8. The molecule has 0 amide bonds. The Morgan fingerprint density at radius 2 is 0.526 bits per heavy atom. The van der Waals surface area contributed by atoms with Gasteiger partial charge in [-0.05, 0) is 43.4 Å². The zero-order chi connectivity index (χ0) is 71.6. The zero-order valence-electron chi connectivity index (χ0n) is 63.5. The molecule has 0 saturated carbocycles. The number of esters is 4.